The van der Waals surface area contributed by atoms with Crippen LogP contribution in [0, 0.1) is 0 Å². The Morgan fingerprint density at radius 1 is 0.955 bits per heavy atom. The highest BCUT2D eigenvalue weighted by Crippen LogP contribution is 2.19. The number of ether oxygens (including phenoxy) is 1. The van der Waals surface area contributed by atoms with Gasteiger partial charge in [-0.15, -0.1) is 0 Å². The molecule has 3 rings (SSSR count). The third kappa shape index (κ3) is 3.59. The number of carbonyl (C=O) groups is 1. The van der Waals surface area contributed by atoms with Gasteiger partial charge in [-0.2, -0.15) is 5.10 Å². The minimum Gasteiger partial charge on any atom is -0.378 e. The second kappa shape index (κ2) is 7.00. The van der Waals surface area contributed by atoms with Crippen molar-refractivity contribution in [2.75, 3.05) is 26.3 Å². The number of hydrogen-bond acceptors (Lipinski definition) is 4. The monoisotopic (exact) mass is 294 g/mol. The molecule has 0 aliphatic carbocycles. The lowest BCUT2D eigenvalue weighted by molar-refractivity contribution is 0.0395. The zero-order valence-corrected chi connectivity index (χ0v) is 12.3. The van der Waals surface area contributed by atoms with E-state index in [-0.39, 0.29) is 5.78 Å². The van der Waals surface area contributed by atoms with E-state index in [1.54, 1.807) is 0 Å². The third-order valence-corrected chi connectivity index (χ3v) is 3.60. The molecule has 0 radical (unpaired) electrons. The lowest BCUT2D eigenvalue weighted by Gasteiger charge is -2.23. The van der Waals surface area contributed by atoms with Crippen LogP contribution in [0.25, 0.3) is 11.1 Å². The molecule has 0 N–H and O–H groups in total. The lowest BCUT2D eigenvalue weighted by Crippen LogP contribution is -2.32. The Bertz CT molecular complexity index is 645. The highest BCUT2D eigenvalue weighted by atomic mass is 16.5. The number of ketones is 1. The van der Waals surface area contributed by atoms with Crippen LogP contribution in [-0.2, 0) is 4.74 Å². The van der Waals surface area contributed by atoms with Crippen molar-refractivity contribution >= 4 is 12.0 Å². The summed E-state index contributed by atoms with van der Waals surface area (Å²) in [5.41, 5.74) is 2.89. The predicted octanol–water partition coefficient (Wildman–Crippen LogP) is 2.85. The zero-order valence-electron chi connectivity index (χ0n) is 12.3. The van der Waals surface area contributed by atoms with Crippen molar-refractivity contribution in [2.45, 2.75) is 0 Å². The van der Waals surface area contributed by atoms with Crippen molar-refractivity contribution in [1.82, 2.24) is 5.01 Å². The van der Waals surface area contributed by atoms with E-state index in [1.807, 2.05) is 47.5 Å². The van der Waals surface area contributed by atoms with E-state index in [2.05, 4.69) is 17.2 Å². The average Bonchev–Trinajstić information content (AvgIpc) is 2.61. The van der Waals surface area contributed by atoms with Gasteiger partial charge in [0.1, 0.15) is 0 Å². The SMILES string of the molecule is O=C(/C=N/N1CCOCC1)c1ccc(-c2ccccc2)cc1. The van der Waals surface area contributed by atoms with Gasteiger partial charge in [0, 0.05) is 5.56 Å². The predicted molar refractivity (Wildman–Crippen MR) is 87.1 cm³/mol. The van der Waals surface area contributed by atoms with Crippen LogP contribution in [0.2, 0.25) is 0 Å². The maximum absolute atomic E-state index is 12.1. The molecule has 1 saturated heterocycles. The van der Waals surface area contributed by atoms with E-state index in [0.717, 1.165) is 24.2 Å². The van der Waals surface area contributed by atoms with Gasteiger partial charge in [0.2, 0.25) is 5.78 Å². The Morgan fingerprint density at radius 2 is 1.59 bits per heavy atom. The van der Waals surface area contributed by atoms with E-state index in [4.69, 9.17) is 4.74 Å². The summed E-state index contributed by atoms with van der Waals surface area (Å²) in [5, 5.41) is 6.08. The Morgan fingerprint density at radius 3 is 2.27 bits per heavy atom. The first-order chi connectivity index (χ1) is 10.8. The molecule has 0 unspecified atom stereocenters. The summed E-state index contributed by atoms with van der Waals surface area (Å²) in [6, 6.07) is 17.7. The number of rotatable bonds is 4. The molecule has 0 spiro atoms. The van der Waals surface area contributed by atoms with E-state index in [0.29, 0.717) is 18.8 Å². The highest BCUT2D eigenvalue weighted by molar-refractivity contribution is 6.35. The summed E-state index contributed by atoms with van der Waals surface area (Å²) in [6.45, 7) is 2.79. The van der Waals surface area contributed by atoms with Gasteiger partial charge in [-0.25, -0.2) is 0 Å². The first kappa shape index (κ1) is 14.5. The first-order valence-electron chi connectivity index (χ1n) is 7.39. The number of carbonyl (C=O) groups excluding carboxylic acids is 1. The molecule has 1 fully saturated rings. The summed E-state index contributed by atoms with van der Waals surface area (Å²) >= 11 is 0. The van der Waals surface area contributed by atoms with E-state index in [9.17, 15) is 4.79 Å². The Labute approximate surface area is 130 Å². The molecule has 0 atom stereocenters. The van der Waals surface area contributed by atoms with Crippen molar-refractivity contribution < 1.29 is 9.53 Å². The molecule has 4 heteroatoms. The molecule has 112 valence electrons. The second-order valence-corrected chi connectivity index (χ2v) is 5.12. The van der Waals surface area contributed by atoms with Gasteiger partial charge in [0.15, 0.2) is 0 Å². The number of benzene rings is 2. The van der Waals surface area contributed by atoms with Crippen molar-refractivity contribution in [1.29, 1.82) is 0 Å². The topological polar surface area (TPSA) is 41.9 Å². The summed E-state index contributed by atoms with van der Waals surface area (Å²) in [7, 11) is 0. The molecule has 1 aliphatic heterocycles. The largest absolute Gasteiger partial charge is 0.378 e. The average molecular weight is 294 g/mol. The normalized spacial score (nSPS) is 15.2. The Kier molecular flexibility index (Phi) is 4.61. The second-order valence-electron chi connectivity index (χ2n) is 5.12. The highest BCUT2D eigenvalue weighted by Gasteiger charge is 2.08. The van der Waals surface area contributed by atoms with Gasteiger partial charge in [0.05, 0.1) is 32.5 Å². The van der Waals surface area contributed by atoms with Crippen LogP contribution < -0.4 is 0 Å². The maximum atomic E-state index is 12.1. The van der Waals surface area contributed by atoms with Gasteiger partial charge in [-0.3, -0.25) is 9.80 Å². The van der Waals surface area contributed by atoms with Gasteiger partial charge >= 0.3 is 0 Å². The van der Waals surface area contributed by atoms with E-state index in [1.165, 1.54) is 6.21 Å². The molecule has 1 heterocycles. The standard InChI is InChI=1S/C18H18N2O2/c21-18(14-19-20-10-12-22-13-11-20)17-8-6-16(7-9-17)15-4-2-1-3-5-15/h1-9,14H,10-13H2/b19-14+. The fraction of sp³-hybridized carbons (Fsp3) is 0.222. The molecule has 0 amide bonds. The molecule has 2 aromatic carbocycles. The molecule has 0 bridgehead atoms. The van der Waals surface area contributed by atoms with Crippen LogP contribution in [0.5, 0.6) is 0 Å². The fourth-order valence-electron chi connectivity index (χ4n) is 2.34. The Balaban J connectivity index is 1.67. The number of hydrazone groups is 1. The van der Waals surface area contributed by atoms with Crippen molar-refractivity contribution in [3.05, 3.63) is 60.2 Å². The minimum absolute atomic E-state index is 0.0777. The van der Waals surface area contributed by atoms with Crippen molar-refractivity contribution in [2.24, 2.45) is 5.10 Å². The van der Waals surface area contributed by atoms with Crippen LogP contribution in [0.15, 0.2) is 59.7 Å². The molecule has 1 aliphatic rings. The summed E-state index contributed by atoms with van der Waals surface area (Å²) in [6.07, 6.45) is 1.39. The molecular formula is C18H18N2O2. The molecule has 0 saturated carbocycles. The number of morpholine rings is 1. The van der Waals surface area contributed by atoms with Gasteiger partial charge in [0.25, 0.3) is 0 Å². The molecule has 4 nitrogen and oxygen atoms in total. The van der Waals surface area contributed by atoms with Crippen LogP contribution in [0.1, 0.15) is 10.4 Å². The third-order valence-electron chi connectivity index (χ3n) is 3.60. The fourth-order valence-corrected chi connectivity index (χ4v) is 2.34. The maximum Gasteiger partial charge on any atom is 0.205 e. The lowest BCUT2D eigenvalue weighted by atomic mass is 10.0. The van der Waals surface area contributed by atoms with Gasteiger partial charge in [-0.1, -0.05) is 54.6 Å². The van der Waals surface area contributed by atoms with E-state index < -0.39 is 0 Å². The summed E-state index contributed by atoms with van der Waals surface area (Å²) in [4.78, 5) is 12.1. The quantitative estimate of drug-likeness (QED) is 0.643. The molecule has 0 aromatic heterocycles. The zero-order chi connectivity index (χ0) is 15.2. The smallest absolute Gasteiger partial charge is 0.205 e. The van der Waals surface area contributed by atoms with Crippen LogP contribution >= 0.6 is 0 Å². The molecule has 22 heavy (non-hydrogen) atoms. The number of hydrogen-bond donors (Lipinski definition) is 0. The molecule has 2 aromatic rings. The van der Waals surface area contributed by atoms with Gasteiger partial charge in [-0.05, 0) is 11.1 Å². The van der Waals surface area contributed by atoms with Gasteiger partial charge < -0.3 is 4.74 Å². The number of Topliss-reactive ketones (excluding diaryl/α,β-unsaturated/α-hetero) is 1. The van der Waals surface area contributed by atoms with Crippen molar-refractivity contribution in [3.63, 3.8) is 0 Å². The van der Waals surface area contributed by atoms with Crippen LogP contribution in [-0.4, -0.2) is 43.3 Å². The first-order valence-corrected chi connectivity index (χ1v) is 7.39. The minimum atomic E-state index is -0.0777. The Hall–Kier alpha value is -2.46. The van der Waals surface area contributed by atoms with Crippen LogP contribution in [0.4, 0.5) is 0 Å². The summed E-state index contributed by atoms with van der Waals surface area (Å²) < 4.78 is 5.25. The number of nitrogens with zero attached hydrogens (tertiary/aromatic N) is 2. The van der Waals surface area contributed by atoms with Crippen LogP contribution in [0.3, 0.4) is 0 Å². The molecular weight excluding hydrogens is 276 g/mol. The van der Waals surface area contributed by atoms with E-state index >= 15 is 0 Å². The summed E-state index contributed by atoms with van der Waals surface area (Å²) in [5.74, 6) is -0.0777. The van der Waals surface area contributed by atoms with Crippen molar-refractivity contribution in [3.8, 4) is 11.1 Å².